The molecule has 1 nitrogen and oxygen atoms in total. The molecule has 0 N–H and O–H groups in total. The van der Waals surface area contributed by atoms with Gasteiger partial charge >= 0.3 is 0 Å². The predicted octanol–water partition coefficient (Wildman–Crippen LogP) is 5.13. The number of hydrogen-bond acceptors (Lipinski definition) is 0. The van der Waals surface area contributed by atoms with E-state index in [2.05, 4.69) is 89.3 Å². The van der Waals surface area contributed by atoms with Gasteiger partial charge in [0.2, 0.25) is 5.69 Å². The van der Waals surface area contributed by atoms with E-state index in [1.54, 1.807) is 0 Å². The van der Waals surface area contributed by atoms with Gasteiger partial charge in [0.05, 0.1) is 20.4 Å². The van der Waals surface area contributed by atoms with E-state index in [-0.39, 0.29) is 5.41 Å². The fraction of sp³-hybridized carbons (Fsp3) is 0.375. The van der Waals surface area contributed by atoms with E-state index >= 15 is 0 Å². The van der Waals surface area contributed by atoms with E-state index in [0.29, 0.717) is 6.04 Å². The summed E-state index contributed by atoms with van der Waals surface area (Å²) in [5.41, 5.74) is 7.69. The van der Waals surface area contributed by atoms with Crippen LogP contribution in [0.15, 0.2) is 36.4 Å². The number of hydrogen-bond donors (Lipinski definition) is 0. The Morgan fingerprint density at radius 3 is 2.38 bits per heavy atom. The van der Waals surface area contributed by atoms with Crippen molar-refractivity contribution in [1.82, 2.24) is 0 Å². The van der Waals surface area contributed by atoms with Crippen molar-refractivity contribution in [2.24, 2.45) is 7.05 Å². The van der Waals surface area contributed by atoms with Crippen LogP contribution in [0.1, 0.15) is 37.6 Å². The summed E-state index contributed by atoms with van der Waals surface area (Å²) in [5, 5.41) is 3.85. The van der Waals surface area contributed by atoms with E-state index in [4.69, 9.17) is 1.37 Å². The number of fused-ring (bicyclic) bond motifs is 2. The molecule has 134 valence electrons. The minimum absolute atomic E-state index is 0.0725. The van der Waals surface area contributed by atoms with Crippen LogP contribution in [-0.2, 0) is 12.5 Å². The van der Waals surface area contributed by atoms with Crippen molar-refractivity contribution in [1.29, 1.82) is 0 Å². The molecule has 0 saturated carbocycles. The van der Waals surface area contributed by atoms with Gasteiger partial charge in [-0.1, -0.05) is 69.0 Å². The fourth-order valence-electron chi connectivity index (χ4n) is 4.48. The molecule has 26 heavy (non-hydrogen) atoms. The van der Waals surface area contributed by atoms with Crippen LogP contribution in [0.25, 0.3) is 22.0 Å². The number of rotatable bonds is 1. The van der Waals surface area contributed by atoms with Crippen molar-refractivity contribution < 1.29 is 5.94 Å². The first-order valence-electron chi connectivity index (χ1n) is 10.0. The zero-order chi connectivity index (χ0) is 19.9. The van der Waals surface area contributed by atoms with E-state index in [0.717, 1.165) is 11.1 Å². The van der Waals surface area contributed by atoms with Crippen LogP contribution in [0.5, 0.6) is 0 Å². The Hall–Kier alpha value is -1.93. The maximum absolute atomic E-state index is 8.88. The Kier molecular flexibility index (Phi) is 3.31. The van der Waals surface area contributed by atoms with Gasteiger partial charge in [-0.15, -0.1) is 0 Å². The zero-order valence-electron chi connectivity index (χ0n) is 18.3. The highest BCUT2D eigenvalue weighted by Crippen LogP contribution is 2.48. The van der Waals surface area contributed by atoms with Crippen LogP contribution in [0.3, 0.4) is 0 Å². The molecular weight excluding hydrogens is 330 g/mol. The molecule has 1 heterocycles. The summed E-state index contributed by atoms with van der Waals surface area (Å²) in [7, 11) is 0.617. The molecule has 0 spiro atoms. The first-order valence-corrected chi connectivity index (χ1v) is 13.0. The molecule has 3 aromatic rings. The van der Waals surface area contributed by atoms with Gasteiger partial charge in [0.1, 0.15) is 7.05 Å². The van der Waals surface area contributed by atoms with Crippen LogP contribution in [0.2, 0.25) is 19.6 Å². The third kappa shape index (κ3) is 2.24. The molecule has 0 radical (unpaired) electrons. The van der Waals surface area contributed by atoms with Gasteiger partial charge in [0.15, 0.2) is 5.69 Å². The summed E-state index contributed by atoms with van der Waals surface area (Å²) in [6.07, 6.45) is 0. The molecule has 1 aromatic heterocycles. The molecule has 0 bridgehead atoms. The minimum atomic E-state index is -1.50. The second-order valence-electron chi connectivity index (χ2n) is 9.44. The van der Waals surface area contributed by atoms with E-state index in [1.807, 2.05) is 0 Å². The number of aromatic nitrogens is 1. The van der Waals surface area contributed by atoms with Crippen molar-refractivity contribution in [2.45, 2.75) is 52.8 Å². The molecule has 0 fully saturated rings. The second kappa shape index (κ2) is 5.29. The quantitative estimate of drug-likeness (QED) is 0.418. The maximum atomic E-state index is 8.88. The topological polar surface area (TPSA) is 3.88 Å². The van der Waals surface area contributed by atoms with Crippen molar-refractivity contribution in [2.75, 3.05) is 0 Å². The van der Waals surface area contributed by atoms with Gasteiger partial charge < -0.3 is 0 Å². The first kappa shape index (κ1) is 16.3. The Morgan fingerprint density at radius 1 is 1.04 bits per heavy atom. The smallest absolute Gasteiger partial charge is 0.198 e. The molecular formula is C24H30NSi+. The molecule has 4 rings (SSSR count). The van der Waals surface area contributed by atoms with Gasteiger partial charge in [-0.2, -0.15) is 4.57 Å². The monoisotopic (exact) mass is 361 g/mol. The van der Waals surface area contributed by atoms with Gasteiger partial charge in [-0.05, 0) is 29.0 Å². The molecule has 0 aliphatic heterocycles. The summed E-state index contributed by atoms with van der Waals surface area (Å²) >= 11 is 0. The molecule has 2 heteroatoms. The number of benzene rings is 2. The zero-order valence-corrected chi connectivity index (χ0v) is 18.3. The average molecular weight is 362 g/mol. The summed E-state index contributed by atoms with van der Waals surface area (Å²) in [6, 6.07) is 12.1. The Morgan fingerprint density at radius 2 is 1.73 bits per heavy atom. The highest BCUT2D eigenvalue weighted by atomic mass is 28.3. The van der Waals surface area contributed by atoms with E-state index < -0.39 is 8.07 Å². The predicted molar refractivity (Wildman–Crippen MR) is 115 cm³/mol. The van der Waals surface area contributed by atoms with Crippen molar-refractivity contribution in [3.63, 3.8) is 0 Å². The lowest BCUT2D eigenvalue weighted by atomic mass is 9.68. The summed E-state index contributed by atoms with van der Waals surface area (Å²) < 4.78 is 11.1. The molecule has 0 saturated heterocycles. The van der Waals surface area contributed by atoms with Gasteiger partial charge in [-0.3, -0.25) is 0 Å². The molecule has 1 aliphatic rings. The molecule has 2 aromatic carbocycles. The Labute approximate surface area is 160 Å². The summed E-state index contributed by atoms with van der Waals surface area (Å²) in [5.74, 6) is 0. The van der Waals surface area contributed by atoms with Crippen LogP contribution in [0.4, 0.5) is 0 Å². The molecule has 1 aliphatic carbocycles. The lowest BCUT2D eigenvalue weighted by Crippen LogP contribution is -2.42. The van der Waals surface area contributed by atoms with Gasteiger partial charge in [0.25, 0.3) is 0 Å². The lowest BCUT2D eigenvalue weighted by Gasteiger charge is -2.35. The van der Waals surface area contributed by atoms with Crippen molar-refractivity contribution in [3.05, 3.63) is 58.8 Å². The maximum Gasteiger partial charge on any atom is 0.221 e. The lowest BCUT2D eigenvalue weighted by molar-refractivity contribution is -0.665. The summed E-state index contributed by atoms with van der Waals surface area (Å²) in [4.78, 5) is 0. The van der Waals surface area contributed by atoms with Crippen molar-refractivity contribution >= 4 is 24.0 Å². The fourth-order valence-corrected chi connectivity index (χ4v) is 5.63. The normalized spacial score (nSPS) is 15.8. The number of nitrogens with zero attached hydrogens (tertiary/aromatic N) is 1. The average Bonchev–Trinajstić information content (AvgIpc) is 2.58. The van der Waals surface area contributed by atoms with Gasteiger partial charge in [-0.25, -0.2) is 0 Å². The standard InChI is InChI=1S/C24H30NSi/c1-15-10-9-11-19-21(15)23-22-17(12-16(2)25(23)5)13-18(26(6,7)8)14-20(22)24(19,3)4/h9-14H,1-8H3/q+1/i12D. The van der Waals surface area contributed by atoms with Crippen LogP contribution >= 0.6 is 0 Å². The third-order valence-corrected chi connectivity index (χ3v) is 8.27. The van der Waals surface area contributed by atoms with Crippen LogP contribution in [0, 0.1) is 13.8 Å². The van der Waals surface area contributed by atoms with Crippen molar-refractivity contribution in [3.8, 4) is 11.3 Å². The van der Waals surface area contributed by atoms with E-state index in [9.17, 15) is 0 Å². The minimum Gasteiger partial charge on any atom is -0.198 e. The Bertz CT molecular complexity index is 1120. The Balaban J connectivity index is 2.33. The van der Waals surface area contributed by atoms with Gasteiger partial charge in [0, 0.05) is 18.4 Å². The molecule has 0 atom stereocenters. The van der Waals surface area contributed by atoms with E-state index in [1.165, 1.54) is 38.5 Å². The second-order valence-corrected chi connectivity index (χ2v) is 14.5. The first-order chi connectivity index (χ1) is 12.5. The molecule has 0 unspecified atom stereocenters. The van der Waals surface area contributed by atoms with Crippen LogP contribution in [-0.4, -0.2) is 8.07 Å². The summed E-state index contributed by atoms with van der Waals surface area (Å²) in [6.45, 7) is 16.2. The number of pyridine rings is 1. The largest absolute Gasteiger partial charge is 0.221 e. The third-order valence-electron chi connectivity index (χ3n) is 6.25. The van der Waals surface area contributed by atoms with Crippen LogP contribution < -0.4 is 9.75 Å². The molecule has 0 amide bonds. The highest BCUT2D eigenvalue weighted by molar-refractivity contribution is 6.88. The SMILES string of the molecule is [2H]c1c(C)[n+](C)c2c3c(cc([Si](C)(C)C)cc13)C(C)(C)c1cccc(C)c1-2. The number of aryl methyl sites for hydroxylation is 1. The highest BCUT2D eigenvalue weighted by Gasteiger charge is 2.39.